The monoisotopic (exact) mass is 360 g/mol. The van der Waals surface area contributed by atoms with Gasteiger partial charge in [0.2, 0.25) is 0 Å². The molecule has 0 aromatic heterocycles. The number of hydrazone groups is 1. The Balaban J connectivity index is 1.75. The van der Waals surface area contributed by atoms with Gasteiger partial charge >= 0.3 is 0 Å². The second kappa shape index (κ2) is 5.25. The van der Waals surface area contributed by atoms with E-state index in [1.165, 1.54) is 30.3 Å². The first-order chi connectivity index (χ1) is 11.9. The van der Waals surface area contributed by atoms with Crippen LogP contribution in [0.2, 0.25) is 5.02 Å². The molecule has 126 valence electrons. The lowest BCUT2D eigenvalue weighted by atomic mass is 9.86. The van der Waals surface area contributed by atoms with Gasteiger partial charge in [-0.25, -0.2) is 4.39 Å². The van der Waals surface area contributed by atoms with Crippen LogP contribution in [0.15, 0.2) is 41.5 Å². The highest BCUT2D eigenvalue weighted by Crippen LogP contribution is 2.45. The maximum Gasteiger partial charge on any atom is 0.293 e. The lowest BCUT2D eigenvalue weighted by Crippen LogP contribution is -2.42. The number of hydrogen-bond donors (Lipinski definition) is 2. The summed E-state index contributed by atoms with van der Waals surface area (Å²) in [4.78, 5) is 23.2. The number of benzene rings is 2. The van der Waals surface area contributed by atoms with Gasteiger partial charge in [0.05, 0.1) is 15.7 Å². The Morgan fingerprint density at radius 1 is 1.32 bits per heavy atom. The van der Waals surface area contributed by atoms with Crippen molar-refractivity contribution in [2.45, 2.75) is 12.0 Å². The smallest absolute Gasteiger partial charge is 0.293 e. The number of rotatable bonds is 2. The summed E-state index contributed by atoms with van der Waals surface area (Å²) in [6.07, 6.45) is 0.162. The number of halogens is 2. The molecule has 9 heteroatoms. The van der Waals surface area contributed by atoms with E-state index in [9.17, 15) is 19.3 Å². The van der Waals surface area contributed by atoms with Gasteiger partial charge in [-0.15, -0.1) is 0 Å². The first-order valence-electron chi connectivity index (χ1n) is 7.31. The van der Waals surface area contributed by atoms with Crippen LogP contribution >= 0.6 is 11.6 Å². The van der Waals surface area contributed by atoms with Crippen LogP contribution in [-0.2, 0) is 10.3 Å². The standard InChI is InChI=1S/C16H10ClFN4O3/c17-10-6-8(4-5-11(10)18)12-7-16(21-20-12)9-2-1-3-13(22(24)25)14(9)19-15(16)23/h1-6,21H,7H2,(H,19,23). The summed E-state index contributed by atoms with van der Waals surface area (Å²) in [6.45, 7) is 0. The summed E-state index contributed by atoms with van der Waals surface area (Å²) in [5, 5.41) is 17.9. The second-order valence-electron chi connectivity index (χ2n) is 5.79. The summed E-state index contributed by atoms with van der Waals surface area (Å²) < 4.78 is 13.3. The Kier molecular flexibility index (Phi) is 3.26. The third-order valence-electron chi connectivity index (χ3n) is 4.39. The molecule has 1 unspecified atom stereocenters. The van der Waals surface area contributed by atoms with Gasteiger partial charge in [0.25, 0.3) is 11.6 Å². The zero-order chi connectivity index (χ0) is 17.8. The topological polar surface area (TPSA) is 96.6 Å². The zero-order valence-electron chi connectivity index (χ0n) is 12.5. The minimum absolute atomic E-state index is 0.0481. The molecule has 2 aliphatic rings. The quantitative estimate of drug-likeness (QED) is 0.635. The molecule has 0 radical (unpaired) electrons. The molecule has 2 heterocycles. The first-order valence-corrected chi connectivity index (χ1v) is 7.69. The average Bonchev–Trinajstić information content (AvgIpc) is 3.14. The van der Waals surface area contributed by atoms with Crippen molar-refractivity contribution >= 4 is 34.6 Å². The van der Waals surface area contributed by atoms with Crippen LogP contribution in [-0.4, -0.2) is 16.5 Å². The van der Waals surface area contributed by atoms with E-state index in [2.05, 4.69) is 15.8 Å². The molecule has 2 aromatic carbocycles. The lowest BCUT2D eigenvalue weighted by Gasteiger charge is -2.20. The number of nitro groups is 1. The number of anilines is 1. The fourth-order valence-corrected chi connectivity index (χ4v) is 3.32. The number of hydrogen-bond acceptors (Lipinski definition) is 5. The van der Waals surface area contributed by atoms with Crippen molar-refractivity contribution in [3.8, 4) is 0 Å². The Hall–Kier alpha value is -3.00. The number of fused-ring (bicyclic) bond motifs is 2. The highest BCUT2D eigenvalue weighted by atomic mass is 35.5. The largest absolute Gasteiger partial charge is 0.318 e. The van der Waals surface area contributed by atoms with E-state index in [1.54, 1.807) is 6.07 Å². The van der Waals surface area contributed by atoms with Gasteiger partial charge in [-0.05, 0) is 17.7 Å². The summed E-state index contributed by atoms with van der Waals surface area (Å²) in [5.41, 5.74) is 3.11. The van der Waals surface area contributed by atoms with Gasteiger partial charge in [0, 0.05) is 18.1 Å². The molecule has 2 aliphatic heterocycles. The Bertz CT molecular complexity index is 978. The maximum absolute atomic E-state index is 13.3. The molecule has 7 nitrogen and oxygen atoms in total. The SMILES string of the molecule is O=C1Nc2c([N+](=O)[O-])cccc2C12CC(c1ccc(F)c(Cl)c1)=NN2. The highest BCUT2D eigenvalue weighted by Gasteiger charge is 2.52. The molecule has 0 aliphatic carbocycles. The lowest BCUT2D eigenvalue weighted by molar-refractivity contribution is -0.383. The molecule has 2 N–H and O–H groups in total. The van der Waals surface area contributed by atoms with Crippen molar-refractivity contribution in [2.24, 2.45) is 5.10 Å². The molecule has 1 spiro atoms. The van der Waals surface area contributed by atoms with E-state index < -0.39 is 22.2 Å². The molecule has 1 amide bonds. The van der Waals surface area contributed by atoms with Gasteiger partial charge in [-0.2, -0.15) is 5.10 Å². The van der Waals surface area contributed by atoms with E-state index in [-0.39, 0.29) is 22.8 Å². The van der Waals surface area contributed by atoms with Crippen LogP contribution in [0, 0.1) is 15.9 Å². The fourth-order valence-electron chi connectivity index (χ4n) is 3.14. The van der Waals surface area contributed by atoms with E-state index in [0.29, 0.717) is 16.8 Å². The van der Waals surface area contributed by atoms with Crippen molar-refractivity contribution < 1.29 is 14.1 Å². The Labute approximate surface area is 145 Å². The molecule has 1 atom stereocenters. The molecular formula is C16H10ClFN4O3. The molecule has 0 saturated heterocycles. The number of nitro benzene ring substituents is 1. The summed E-state index contributed by atoms with van der Waals surface area (Å²) in [6, 6.07) is 8.66. The van der Waals surface area contributed by atoms with Gasteiger partial charge in [0.1, 0.15) is 11.5 Å². The molecular weight excluding hydrogens is 351 g/mol. The maximum atomic E-state index is 13.3. The average molecular weight is 361 g/mol. The van der Waals surface area contributed by atoms with E-state index in [4.69, 9.17) is 11.6 Å². The second-order valence-corrected chi connectivity index (χ2v) is 6.20. The van der Waals surface area contributed by atoms with Crippen molar-refractivity contribution in [1.82, 2.24) is 5.43 Å². The number of carbonyl (C=O) groups excluding carboxylic acids is 1. The van der Waals surface area contributed by atoms with Crippen LogP contribution in [0.4, 0.5) is 15.8 Å². The van der Waals surface area contributed by atoms with Crippen molar-refractivity contribution in [1.29, 1.82) is 0 Å². The van der Waals surface area contributed by atoms with Crippen molar-refractivity contribution in [2.75, 3.05) is 5.32 Å². The normalized spacial score (nSPS) is 20.9. The molecule has 0 fully saturated rings. The van der Waals surface area contributed by atoms with Crippen LogP contribution < -0.4 is 10.7 Å². The van der Waals surface area contributed by atoms with E-state index in [1.807, 2.05) is 0 Å². The van der Waals surface area contributed by atoms with Crippen LogP contribution in [0.3, 0.4) is 0 Å². The predicted octanol–water partition coefficient (Wildman–Crippen LogP) is 2.93. The number of nitrogens with zero attached hydrogens (tertiary/aromatic N) is 2. The molecule has 25 heavy (non-hydrogen) atoms. The number of para-hydroxylation sites is 1. The Morgan fingerprint density at radius 2 is 2.12 bits per heavy atom. The van der Waals surface area contributed by atoms with Gasteiger partial charge in [-0.1, -0.05) is 29.8 Å². The minimum Gasteiger partial charge on any atom is -0.318 e. The van der Waals surface area contributed by atoms with Gasteiger partial charge in [-0.3, -0.25) is 20.3 Å². The molecule has 4 rings (SSSR count). The predicted molar refractivity (Wildman–Crippen MR) is 89.1 cm³/mol. The first kappa shape index (κ1) is 15.5. The van der Waals surface area contributed by atoms with Crippen molar-refractivity contribution in [3.63, 3.8) is 0 Å². The zero-order valence-corrected chi connectivity index (χ0v) is 13.3. The van der Waals surface area contributed by atoms with Crippen LogP contribution in [0.1, 0.15) is 17.5 Å². The third-order valence-corrected chi connectivity index (χ3v) is 4.68. The summed E-state index contributed by atoms with van der Waals surface area (Å²) in [5.74, 6) is -0.977. The third kappa shape index (κ3) is 2.18. The summed E-state index contributed by atoms with van der Waals surface area (Å²) in [7, 11) is 0. The Morgan fingerprint density at radius 3 is 2.84 bits per heavy atom. The van der Waals surface area contributed by atoms with Crippen LogP contribution in [0.25, 0.3) is 0 Å². The van der Waals surface area contributed by atoms with Crippen molar-refractivity contribution in [3.05, 3.63) is 68.5 Å². The molecule has 0 saturated carbocycles. The molecule has 2 aromatic rings. The highest BCUT2D eigenvalue weighted by molar-refractivity contribution is 6.31. The van der Waals surface area contributed by atoms with Crippen LogP contribution in [0.5, 0.6) is 0 Å². The van der Waals surface area contributed by atoms with E-state index in [0.717, 1.165) is 0 Å². The minimum atomic E-state index is -1.22. The summed E-state index contributed by atoms with van der Waals surface area (Å²) >= 11 is 5.80. The van der Waals surface area contributed by atoms with E-state index >= 15 is 0 Å². The van der Waals surface area contributed by atoms with Gasteiger partial charge in [0.15, 0.2) is 5.54 Å². The number of nitrogens with one attached hydrogen (secondary N) is 2. The van der Waals surface area contributed by atoms with Gasteiger partial charge < -0.3 is 5.32 Å². The molecule has 0 bridgehead atoms. The number of carbonyl (C=O) groups is 1. The number of amides is 1. The fraction of sp³-hybridized carbons (Fsp3) is 0.125.